The molecule has 3 aliphatic heterocycles. The number of carbonyl (C=O) groups excluding carboxylic acids is 3. The van der Waals surface area contributed by atoms with Crippen LogP contribution in [0, 0.1) is 0 Å². The molecule has 0 radical (unpaired) electrons. The Balaban J connectivity index is 1.71. The highest BCUT2D eigenvalue weighted by Gasteiger charge is 2.67. The number of benzene rings is 2. The fraction of sp³-hybridized carbons (Fsp3) is 0.321. The summed E-state index contributed by atoms with van der Waals surface area (Å²) in [7, 11) is 0. The number of carbonyl (C=O) groups is 3. The van der Waals surface area contributed by atoms with Crippen molar-refractivity contribution in [3.05, 3.63) is 77.9 Å². The topological polar surface area (TPSA) is 96.4 Å². The molecular formula is C28H28N2O6. The van der Waals surface area contributed by atoms with Crippen molar-refractivity contribution >= 4 is 29.0 Å². The quantitative estimate of drug-likeness (QED) is 0.278. The van der Waals surface area contributed by atoms with Crippen molar-refractivity contribution in [3.8, 4) is 5.75 Å². The molecule has 2 saturated heterocycles. The number of Topliss-reactive ketones (excluding diaryl/α,β-unsaturated/α-hetero) is 1. The average Bonchev–Trinajstić information content (AvgIpc) is 3.56. The molecule has 1 spiro atoms. The average molecular weight is 489 g/mol. The van der Waals surface area contributed by atoms with Gasteiger partial charge in [-0.2, -0.15) is 0 Å². The molecule has 1 N–H and O–H groups in total. The first-order valence-electron chi connectivity index (χ1n) is 12.1. The molecule has 2 fully saturated rings. The van der Waals surface area contributed by atoms with Crippen molar-refractivity contribution in [2.75, 3.05) is 31.2 Å². The number of aliphatic hydroxyl groups excluding tert-OH is 1. The Morgan fingerprint density at radius 2 is 1.94 bits per heavy atom. The van der Waals surface area contributed by atoms with Crippen molar-refractivity contribution in [1.82, 2.24) is 4.90 Å². The zero-order chi connectivity index (χ0) is 25.4. The molecule has 0 saturated carbocycles. The number of likely N-dealkylation sites (N-methyl/N-ethyl adjacent to an activating group) is 1. The number of nitrogens with zero attached hydrogens (tertiary/aromatic N) is 2. The SMILES string of the molecule is C=CCOc1ccc(/C(O)=C2\C(=O)C(=O)N(CC3CCCO3)C23C(=O)N(CC)c2ccccc23)cc1. The van der Waals surface area contributed by atoms with Gasteiger partial charge in [0.2, 0.25) is 0 Å². The second kappa shape index (κ2) is 9.28. The summed E-state index contributed by atoms with van der Waals surface area (Å²) in [5.41, 5.74) is -0.575. The van der Waals surface area contributed by atoms with Gasteiger partial charge in [-0.25, -0.2) is 0 Å². The molecule has 2 aromatic rings. The highest BCUT2D eigenvalue weighted by Crippen LogP contribution is 2.53. The van der Waals surface area contributed by atoms with Gasteiger partial charge in [0.25, 0.3) is 17.6 Å². The Morgan fingerprint density at radius 3 is 2.61 bits per heavy atom. The first kappa shape index (κ1) is 23.8. The van der Waals surface area contributed by atoms with Crippen LogP contribution < -0.4 is 9.64 Å². The second-order valence-corrected chi connectivity index (χ2v) is 9.00. The lowest BCUT2D eigenvalue weighted by atomic mass is 9.81. The van der Waals surface area contributed by atoms with E-state index >= 15 is 0 Å². The van der Waals surface area contributed by atoms with Crippen molar-refractivity contribution in [3.63, 3.8) is 0 Å². The fourth-order valence-corrected chi connectivity index (χ4v) is 5.43. The molecule has 8 heteroatoms. The van der Waals surface area contributed by atoms with Crippen LogP contribution in [0.2, 0.25) is 0 Å². The number of fused-ring (bicyclic) bond motifs is 2. The Hall–Kier alpha value is -3.91. The van der Waals surface area contributed by atoms with E-state index in [4.69, 9.17) is 9.47 Å². The number of likely N-dealkylation sites (tertiary alicyclic amines) is 1. The standard InChI is InChI=1S/C28H28N2O6/c1-3-15-35-19-13-11-18(12-14-19)24(31)23-25(32)26(33)30(17-20-8-7-16-36-20)28(23)21-9-5-6-10-22(21)29(4-2)27(28)34/h3,5-6,9-14,20,31H,1,4,7-8,15-17H2,2H3/b24-23-. The minimum absolute atomic E-state index is 0.0767. The van der Waals surface area contributed by atoms with E-state index in [9.17, 15) is 19.5 Å². The van der Waals surface area contributed by atoms with E-state index in [0.29, 0.717) is 42.3 Å². The normalized spacial score (nSPS) is 24.6. The monoisotopic (exact) mass is 488 g/mol. The van der Waals surface area contributed by atoms with Crippen LogP contribution >= 0.6 is 0 Å². The van der Waals surface area contributed by atoms with Crippen LogP contribution in [0.5, 0.6) is 5.75 Å². The van der Waals surface area contributed by atoms with E-state index in [2.05, 4.69) is 6.58 Å². The third-order valence-corrected chi connectivity index (χ3v) is 7.03. The Morgan fingerprint density at radius 1 is 1.19 bits per heavy atom. The van der Waals surface area contributed by atoms with Gasteiger partial charge >= 0.3 is 0 Å². The van der Waals surface area contributed by atoms with Crippen molar-refractivity contribution < 1.29 is 29.0 Å². The van der Waals surface area contributed by atoms with Crippen LogP contribution in [0.3, 0.4) is 0 Å². The van der Waals surface area contributed by atoms with Gasteiger partial charge in [-0.1, -0.05) is 30.9 Å². The molecule has 186 valence electrons. The van der Waals surface area contributed by atoms with E-state index < -0.39 is 28.9 Å². The summed E-state index contributed by atoms with van der Waals surface area (Å²) < 4.78 is 11.3. The summed E-state index contributed by atoms with van der Waals surface area (Å²) in [6.07, 6.45) is 2.88. The molecule has 2 unspecified atom stereocenters. The van der Waals surface area contributed by atoms with Crippen molar-refractivity contribution in [2.45, 2.75) is 31.4 Å². The highest BCUT2D eigenvalue weighted by molar-refractivity contribution is 6.50. The van der Waals surface area contributed by atoms with E-state index in [1.165, 1.54) is 4.90 Å². The van der Waals surface area contributed by atoms with Crippen LogP contribution in [-0.4, -0.2) is 60.0 Å². The molecule has 0 aliphatic carbocycles. The maximum Gasteiger partial charge on any atom is 0.296 e. The number of aliphatic hydroxyl groups is 1. The number of ether oxygens (including phenoxy) is 2. The van der Waals surface area contributed by atoms with Crippen LogP contribution in [0.25, 0.3) is 5.76 Å². The van der Waals surface area contributed by atoms with Gasteiger partial charge in [-0.3, -0.25) is 14.4 Å². The van der Waals surface area contributed by atoms with Gasteiger partial charge in [0.05, 0.1) is 17.4 Å². The Bertz CT molecular complexity index is 1260. The van der Waals surface area contributed by atoms with Gasteiger partial charge in [-0.05, 0) is 50.1 Å². The zero-order valence-corrected chi connectivity index (χ0v) is 20.1. The van der Waals surface area contributed by atoms with Gasteiger partial charge in [-0.15, -0.1) is 0 Å². The maximum atomic E-state index is 14.2. The first-order chi connectivity index (χ1) is 17.4. The second-order valence-electron chi connectivity index (χ2n) is 9.00. The van der Waals surface area contributed by atoms with Gasteiger partial charge in [0.1, 0.15) is 18.1 Å². The third-order valence-electron chi connectivity index (χ3n) is 7.03. The number of hydrogen-bond donors (Lipinski definition) is 1. The number of hydrogen-bond acceptors (Lipinski definition) is 6. The summed E-state index contributed by atoms with van der Waals surface area (Å²) in [4.78, 5) is 44.1. The predicted molar refractivity (Wildman–Crippen MR) is 134 cm³/mol. The molecule has 3 aliphatic rings. The fourth-order valence-electron chi connectivity index (χ4n) is 5.43. The summed E-state index contributed by atoms with van der Waals surface area (Å²) >= 11 is 0. The summed E-state index contributed by atoms with van der Waals surface area (Å²) in [6, 6.07) is 13.6. The van der Waals surface area contributed by atoms with Crippen molar-refractivity contribution in [1.29, 1.82) is 0 Å². The van der Waals surface area contributed by atoms with Gasteiger partial charge in [0.15, 0.2) is 5.54 Å². The third kappa shape index (κ3) is 3.44. The summed E-state index contributed by atoms with van der Waals surface area (Å²) in [5.74, 6) is -1.99. The smallest absolute Gasteiger partial charge is 0.296 e. The van der Waals surface area contributed by atoms with E-state index in [0.717, 1.165) is 12.8 Å². The summed E-state index contributed by atoms with van der Waals surface area (Å²) in [6.45, 7) is 6.76. The molecule has 2 aromatic carbocycles. The highest BCUT2D eigenvalue weighted by atomic mass is 16.5. The van der Waals surface area contributed by atoms with Crippen LogP contribution in [0.15, 0.2) is 66.8 Å². The molecule has 3 heterocycles. The largest absolute Gasteiger partial charge is 0.507 e. The lowest BCUT2D eigenvalue weighted by Crippen LogP contribution is -2.53. The molecule has 36 heavy (non-hydrogen) atoms. The minimum atomic E-state index is -1.77. The molecule has 2 atom stereocenters. The molecular weight excluding hydrogens is 460 g/mol. The minimum Gasteiger partial charge on any atom is -0.507 e. The van der Waals surface area contributed by atoms with Crippen molar-refractivity contribution in [2.24, 2.45) is 0 Å². The lowest BCUT2D eigenvalue weighted by molar-refractivity contribution is -0.145. The number of ketones is 1. The van der Waals surface area contributed by atoms with Crippen LogP contribution in [-0.2, 0) is 24.7 Å². The number of anilines is 1. The molecule has 0 bridgehead atoms. The number of amides is 2. The molecule has 5 rings (SSSR count). The Labute approximate surface area is 209 Å². The molecule has 8 nitrogen and oxygen atoms in total. The van der Waals surface area contributed by atoms with Gasteiger partial charge < -0.3 is 24.4 Å². The van der Waals surface area contributed by atoms with Crippen LogP contribution in [0.4, 0.5) is 5.69 Å². The Kier molecular flexibility index (Phi) is 6.14. The zero-order valence-electron chi connectivity index (χ0n) is 20.1. The maximum absolute atomic E-state index is 14.2. The van der Waals surface area contributed by atoms with Crippen LogP contribution in [0.1, 0.15) is 30.9 Å². The van der Waals surface area contributed by atoms with Gasteiger partial charge in [0, 0.05) is 30.8 Å². The number of rotatable bonds is 7. The molecule has 0 aromatic heterocycles. The number of para-hydroxylation sites is 1. The van der Waals surface area contributed by atoms with E-state index in [1.54, 1.807) is 53.4 Å². The van der Waals surface area contributed by atoms with E-state index in [-0.39, 0.29) is 18.2 Å². The summed E-state index contributed by atoms with van der Waals surface area (Å²) in [5, 5.41) is 11.5. The first-order valence-corrected chi connectivity index (χ1v) is 12.1. The molecule has 2 amide bonds. The van der Waals surface area contributed by atoms with E-state index in [1.807, 2.05) is 13.0 Å². The lowest BCUT2D eigenvalue weighted by Gasteiger charge is -2.35. The predicted octanol–water partition coefficient (Wildman–Crippen LogP) is 3.37.